The molecule has 2 amide bonds. The molecule has 0 saturated carbocycles. The first-order chi connectivity index (χ1) is 15.5. The summed E-state index contributed by atoms with van der Waals surface area (Å²) in [5.41, 5.74) is 1.51. The summed E-state index contributed by atoms with van der Waals surface area (Å²) in [7, 11) is 0. The lowest BCUT2D eigenvalue weighted by molar-refractivity contribution is -0.122. The third-order valence-corrected chi connectivity index (χ3v) is 7.91. The van der Waals surface area contributed by atoms with E-state index in [-0.39, 0.29) is 23.3 Å². The molecule has 2 aliphatic heterocycles. The highest BCUT2D eigenvalue weighted by Crippen LogP contribution is 2.52. The Labute approximate surface area is 190 Å². The van der Waals surface area contributed by atoms with Crippen LogP contribution in [0.5, 0.6) is 0 Å². The number of pyridine rings is 1. The van der Waals surface area contributed by atoms with E-state index in [0.717, 1.165) is 21.8 Å². The van der Waals surface area contributed by atoms with Gasteiger partial charge in [0.15, 0.2) is 0 Å². The standard InChI is InChI=1S/C22H17N3O5S2/c1-2-30-21(28)11-5-7-13(8-6-11)25-19(26)15-14(12-4-3-9-23-10-12)16-18(24-22(29)32-16)31-17(15)20(25)27/h3-10,14-15,17H,2H2,1H3,(H,24,29)/t14-,15-,17+/m0/s1. The zero-order valence-corrected chi connectivity index (χ0v) is 18.4. The second-order valence-corrected chi connectivity index (χ2v) is 9.48. The molecule has 162 valence electrons. The Kier molecular flexibility index (Phi) is 5.18. The molecule has 0 aliphatic carbocycles. The average molecular weight is 468 g/mol. The van der Waals surface area contributed by atoms with Crippen LogP contribution in [0.1, 0.15) is 33.6 Å². The van der Waals surface area contributed by atoms with Gasteiger partial charge in [0.1, 0.15) is 5.25 Å². The quantitative estimate of drug-likeness (QED) is 0.464. The summed E-state index contributed by atoms with van der Waals surface area (Å²) in [5.74, 6) is -2.26. The van der Waals surface area contributed by atoms with Gasteiger partial charge in [-0.25, -0.2) is 9.69 Å². The van der Waals surface area contributed by atoms with Crippen molar-refractivity contribution >= 4 is 46.6 Å². The number of esters is 1. The van der Waals surface area contributed by atoms with Crippen LogP contribution in [0.3, 0.4) is 0 Å². The topological polar surface area (TPSA) is 109 Å². The van der Waals surface area contributed by atoms with Crippen molar-refractivity contribution in [3.05, 3.63) is 74.5 Å². The van der Waals surface area contributed by atoms with Crippen molar-refractivity contribution in [3.63, 3.8) is 0 Å². The minimum absolute atomic E-state index is 0.220. The number of ether oxygens (including phenoxy) is 1. The van der Waals surface area contributed by atoms with Crippen LogP contribution < -0.4 is 9.77 Å². The number of aromatic nitrogens is 2. The van der Waals surface area contributed by atoms with Gasteiger partial charge in [0, 0.05) is 23.2 Å². The Bertz CT molecular complexity index is 1270. The fourth-order valence-electron chi connectivity index (χ4n) is 4.15. The van der Waals surface area contributed by atoms with Gasteiger partial charge in [-0.1, -0.05) is 29.2 Å². The van der Waals surface area contributed by atoms with E-state index in [1.807, 2.05) is 6.07 Å². The molecule has 2 aromatic heterocycles. The molecule has 0 spiro atoms. The Balaban J connectivity index is 1.54. The molecule has 0 bridgehead atoms. The molecule has 1 fully saturated rings. The molecule has 3 atom stereocenters. The number of hydrogen-bond donors (Lipinski definition) is 1. The summed E-state index contributed by atoms with van der Waals surface area (Å²) in [6.07, 6.45) is 3.30. The smallest absolute Gasteiger partial charge is 0.338 e. The number of thioether (sulfide) groups is 1. The maximum Gasteiger partial charge on any atom is 0.338 e. The fourth-order valence-corrected chi connectivity index (χ4v) is 6.67. The summed E-state index contributed by atoms with van der Waals surface area (Å²) >= 11 is 2.28. The van der Waals surface area contributed by atoms with E-state index in [0.29, 0.717) is 16.3 Å². The lowest BCUT2D eigenvalue weighted by Gasteiger charge is -2.29. The lowest BCUT2D eigenvalue weighted by Crippen LogP contribution is -2.32. The Hall–Kier alpha value is -3.24. The molecule has 0 unspecified atom stereocenters. The third kappa shape index (κ3) is 3.26. The number of fused-ring (bicyclic) bond motifs is 2. The number of anilines is 1. The highest BCUT2D eigenvalue weighted by molar-refractivity contribution is 8.00. The zero-order valence-electron chi connectivity index (χ0n) is 16.8. The summed E-state index contributed by atoms with van der Waals surface area (Å²) in [6.45, 7) is 1.98. The third-order valence-electron chi connectivity index (χ3n) is 5.50. The minimum Gasteiger partial charge on any atom is -0.462 e. The summed E-state index contributed by atoms with van der Waals surface area (Å²) < 4.78 is 4.99. The maximum absolute atomic E-state index is 13.6. The molecule has 2 aliphatic rings. The zero-order chi connectivity index (χ0) is 22.4. The van der Waals surface area contributed by atoms with Crippen molar-refractivity contribution < 1.29 is 19.1 Å². The Morgan fingerprint density at radius 2 is 1.94 bits per heavy atom. The number of H-pyrrole nitrogens is 1. The van der Waals surface area contributed by atoms with E-state index in [4.69, 9.17) is 4.74 Å². The van der Waals surface area contributed by atoms with E-state index in [9.17, 15) is 19.2 Å². The number of thiazole rings is 1. The van der Waals surface area contributed by atoms with E-state index >= 15 is 0 Å². The maximum atomic E-state index is 13.6. The van der Waals surface area contributed by atoms with Crippen LogP contribution in [0.25, 0.3) is 0 Å². The number of aromatic amines is 1. The normalized spacial score (nSPS) is 21.9. The monoisotopic (exact) mass is 467 g/mol. The van der Waals surface area contributed by atoms with Crippen molar-refractivity contribution in [2.45, 2.75) is 23.1 Å². The van der Waals surface area contributed by atoms with E-state index in [1.54, 1.807) is 37.5 Å². The first-order valence-electron chi connectivity index (χ1n) is 9.94. The molecule has 0 radical (unpaired) electrons. The number of rotatable bonds is 4. The number of carbonyl (C=O) groups excluding carboxylic acids is 3. The summed E-state index contributed by atoms with van der Waals surface area (Å²) in [4.78, 5) is 59.6. The van der Waals surface area contributed by atoms with Crippen LogP contribution in [-0.4, -0.2) is 39.6 Å². The predicted octanol–water partition coefficient (Wildman–Crippen LogP) is 2.80. The van der Waals surface area contributed by atoms with Gasteiger partial charge >= 0.3 is 10.8 Å². The minimum atomic E-state index is -0.671. The molecule has 4 heterocycles. The number of benzene rings is 1. The van der Waals surface area contributed by atoms with Crippen LogP contribution in [0.15, 0.2) is 58.6 Å². The predicted molar refractivity (Wildman–Crippen MR) is 119 cm³/mol. The van der Waals surface area contributed by atoms with Crippen molar-refractivity contribution in [1.29, 1.82) is 0 Å². The SMILES string of the molecule is CCOC(=O)c1ccc(N2C(=O)[C@H]3[C@H](c4cccnc4)c4sc(=O)[nH]c4S[C@H]3C2=O)cc1. The van der Waals surface area contributed by atoms with Crippen molar-refractivity contribution in [2.75, 3.05) is 11.5 Å². The number of amides is 2. The molecular weight excluding hydrogens is 450 g/mol. The molecule has 8 nitrogen and oxygen atoms in total. The van der Waals surface area contributed by atoms with E-state index < -0.39 is 23.1 Å². The average Bonchev–Trinajstić information content (AvgIpc) is 3.29. The van der Waals surface area contributed by atoms with Crippen LogP contribution in [0.2, 0.25) is 0 Å². The van der Waals surface area contributed by atoms with Gasteiger partial charge in [0.2, 0.25) is 11.8 Å². The van der Waals surface area contributed by atoms with Gasteiger partial charge in [0.25, 0.3) is 0 Å². The van der Waals surface area contributed by atoms with Gasteiger partial charge in [-0.15, -0.1) is 0 Å². The number of imide groups is 1. The second-order valence-electron chi connectivity index (χ2n) is 7.32. The highest BCUT2D eigenvalue weighted by Gasteiger charge is 2.56. The molecule has 3 aromatic rings. The molecule has 32 heavy (non-hydrogen) atoms. The van der Waals surface area contributed by atoms with Gasteiger partial charge in [-0.05, 0) is 42.8 Å². The molecular formula is C22H17N3O5S2. The van der Waals surface area contributed by atoms with Gasteiger partial charge in [-0.2, -0.15) is 0 Å². The van der Waals surface area contributed by atoms with Crippen LogP contribution in [0.4, 0.5) is 5.69 Å². The highest BCUT2D eigenvalue weighted by atomic mass is 32.2. The Morgan fingerprint density at radius 1 is 1.16 bits per heavy atom. The largest absolute Gasteiger partial charge is 0.462 e. The molecule has 1 N–H and O–H groups in total. The second kappa shape index (κ2) is 8.03. The van der Waals surface area contributed by atoms with Crippen LogP contribution in [0, 0.1) is 5.92 Å². The number of hydrogen-bond acceptors (Lipinski definition) is 8. The Morgan fingerprint density at radius 3 is 2.62 bits per heavy atom. The van der Waals surface area contributed by atoms with Crippen LogP contribution in [-0.2, 0) is 14.3 Å². The molecule has 10 heteroatoms. The summed E-state index contributed by atoms with van der Waals surface area (Å²) in [6, 6.07) is 9.84. The van der Waals surface area contributed by atoms with Crippen molar-refractivity contribution in [1.82, 2.24) is 9.97 Å². The first-order valence-corrected chi connectivity index (χ1v) is 11.6. The number of carbonyl (C=O) groups is 3. The van der Waals surface area contributed by atoms with Crippen LogP contribution >= 0.6 is 23.1 Å². The van der Waals surface area contributed by atoms with Crippen molar-refractivity contribution in [2.24, 2.45) is 5.92 Å². The number of nitrogens with one attached hydrogen (secondary N) is 1. The fraction of sp³-hybridized carbons (Fsp3) is 0.227. The van der Waals surface area contributed by atoms with E-state index in [2.05, 4.69) is 9.97 Å². The van der Waals surface area contributed by atoms with Crippen molar-refractivity contribution in [3.8, 4) is 0 Å². The molecule has 5 rings (SSSR count). The van der Waals surface area contributed by atoms with E-state index in [1.165, 1.54) is 28.8 Å². The van der Waals surface area contributed by atoms with Gasteiger partial charge < -0.3 is 9.72 Å². The summed E-state index contributed by atoms with van der Waals surface area (Å²) in [5, 5.41) is -0.0500. The molecule has 1 saturated heterocycles. The first kappa shape index (κ1) is 20.7. The lowest BCUT2D eigenvalue weighted by atomic mass is 9.84. The van der Waals surface area contributed by atoms with Gasteiger partial charge in [-0.3, -0.25) is 19.4 Å². The number of nitrogens with zero attached hydrogens (tertiary/aromatic N) is 2. The molecule has 1 aromatic carbocycles. The van der Waals surface area contributed by atoms with Gasteiger partial charge in [0.05, 0.1) is 28.8 Å².